The molecule has 0 bridgehead atoms. The van der Waals surface area contributed by atoms with Crippen molar-refractivity contribution in [1.82, 2.24) is 9.55 Å². The molecule has 3 rings (SSSR count). The number of ether oxygens (including phenoxy) is 1. The quantitative estimate of drug-likeness (QED) is 0.180. The second-order valence-electron chi connectivity index (χ2n) is 7.14. The minimum Gasteiger partial charge on any atom is -0.390 e. The standard InChI is InChI=1S/C17H19N2O14P3/c20-13-8-15(31-14(13)10-30-35(26,27)33-36(28,29)32-34(23,24)25)19-9-12(16(21)18-17(19)22)7-6-11-4-2-1-3-5-11/h1-5,9,13-15,20H,8,10H2,(H,26,27)(H,28,29)(H,18,21,22)(H2,23,24,25)/t13-,14-,15-/m1/s1. The van der Waals surface area contributed by atoms with E-state index in [1.54, 1.807) is 30.3 Å². The van der Waals surface area contributed by atoms with E-state index in [1.165, 1.54) is 0 Å². The summed E-state index contributed by atoms with van der Waals surface area (Å²) in [5.41, 5.74) is -1.14. The van der Waals surface area contributed by atoms with Crippen LogP contribution in [0.1, 0.15) is 23.8 Å². The summed E-state index contributed by atoms with van der Waals surface area (Å²) >= 11 is 0. The highest BCUT2D eigenvalue weighted by Crippen LogP contribution is 2.66. The summed E-state index contributed by atoms with van der Waals surface area (Å²) in [5, 5.41) is 10.2. The van der Waals surface area contributed by atoms with E-state index in [-0.39, 0.29) is 12.0 Å². The highest BCUT2D eigenvalue weighted by Gasteiger charge is 2.43. The van der Waals surface area contributed by atoms with Crippen LogP contribution in [-0.4, -0.2) is 53.0 Å². The van der Waals surface area contributed by atoms with Crippen molar-refractivity contribution < 1.29 is 56.3 Å². The van der Waals surface area contributed by atoms with Gasteiger partial charge in [0.1, 0.15) is 17.9 Å². The number of aromatic nitrogens is 2. The Hall–Kier alpha value is -2.21. The summed E-state index contributed by atoms with van der Waals surface area (Å²) in [6, 6.07) is 8.67. The Labute approximate surface area is 201 Å². The average molecular weight is 568 g/mol. The predicted molar refractivity (Wildman–Crippen MR) is 118 cm³/mol. The van der Waals surface area contributed by atoms with Crippen LogP contribution in [0, 0.1) is 11.8 Å². The molecule has 1 aliphatic rings. The summed E-state index contributed by atoms with van der Waals surface area (Å²) in [4.78, 5) is 62.2. The molecule has 2 unspecified atom stereocenters. The number of aliphatic hydroxyl groups excluding tert-OH is 1. The molecule has 36 heavy (non-hydrogen) atoms. The number of hydrogen-bond donors (Lipinski definition) is 6. The molecule has 0 amide bonds. The smallest absolute Gasteiger partial charge is 0.390 e. The minimum absolute atomic E-state index is 0.0896. The first-order chi connectivity index (χ1) is 16.6. The fraction of sp³-hybridized carbons (Fsp3) is 0.294. The normalized spacial score (nSPS) is 23.3. The van der Waals surface area contributed by atoms with Gasteiger partial charge in [-0.2, -0.15) is 8.62 Å². The molecule has 0 saturated carbocycles. The molecule has 1 aliphatic heterocycles. The topological polar surface area (TPSA) is 244 Å². The molecule has 2 aromatic rings. The maximum Gasteiger partial charge on any atom is 0.490 e. The lowest BCUT2D eigenvalue weighted by molar-refractivity contribution is -0.0450. The highest BCUT2D eigenvalue weighted by atomic mass is 31.3. The largest absolute Gasteiger partial charge is 0.490 e. The van der Waals surface area contributed by atoms with Crippen LogP contribution >= 0.6 is 23.5 Å². The van der Waals surface area contributed by atoms with Crippen molar-refractivity contribution in [1.29, 1.82) is 0 Å². The first-order valence-electron chi connectivity index (χ1n) is 9.68. The maximum atomic E-state index is 12.3. The molecule has 1 saturated heterocycles. The monoisotopic (exact) mass is 568 g/mol. The lowest BCUT2D eigenvalue weighted by Crippen LogP contribution is -2.33. The molecule has 6 N–H and O–H groups in total. The molecule has 1 aromatic carbocycles. The third-order valence-corrected chi connectivity index (χ3v) is 8.22. The van der Waals surface area contributed by atoms with E-state index in [1.807, 2.05) is 0 Å². The second-order valence-corrected chi connectivity index (χ2v) is 11.6. The third kappa shape index (κ3) is 8.16. The fourth-order valence-corrected chi connectivity index (χ4v) is 5.99. The van der Waals surface area contributed by atoms with Crippen LogP contribution < -0.4 is 11.2 Å². The number of hydrogen-bond acceptors (Lipinski definition) is 10. The second kappa shape index (κ2) is 11.0. The zero-order valence-electron chi connectivity index (χ0n) is 17.8. The van der Waals surface area contributed by atoms with Crippen molar-refractivity contribution in [2.45, 2.75) is 24.9 Å². The summed E-state index contributed by atoms with van der Waals surface area (Å²) in [5.74, 6) is 5.38. The van der Waals surface area contributed by atoms with Gasteiger partial charge in [0.25, 0.3) is 5.56 Å². The Morgan fingerprint density at radius 2 is 1.69 bits per heavy atom. The predicted octanol–water partition coefficient (Wildman–Crippen LogP) is -0.0719. The summed E-state index contributed by atoms with van der Waals surface area (Å²) in [6.07, 6.45) is -3.03. The molecule has 0 radical (unpaired) electrons. The Bertz CT molecular complexity index is 1420. The Kier molecular flexibility index (Phi) is 8.70. The van der Waals surface area contributed by atoms with Gasteiger partial charge in [-0.1, -0.05) is 30.0 Å². The van der Waals surface area contributed by atoms with E-state index >= 15 is 0 Å². The van der Waals surface area contributed by atoms with Crippen molar-refractivity contribution in [2.75, 3.05) is 6.61 Å². The van der Waals surface area contributed by atoms with E-state index in [2.05, 4.69) is 30.0 Å². The number of aromatic amines is 1. The van der Waals surface area contributed by atoms with Crippen molar-refractivity contribution in [3.63, 3.8) is 0 Å². The molecule has 0 spiro atoms. The summed E-state index contributed by atoms with van der Waals surface area (Å²) in [6.45, 7) is -0.917. The van der Waals surface area contributed by atoms with E-state index < -0.39 is 59.8 Å². The van der Waals surface area contributed by atoms with Gasteiger partial charge in [0.15, 0.2) is 0 Å². The number of nitrogens with zero attached hydrogens (tertiary/aromatic N) is 1. The van der Waals surface area contributed by atoms with Gasteiger partial charge in [-0.3, -0.25) is 18.9 Å². The Morgan fingerprint density at radius 3 is 2.33 bits per heavy atom. The van der Waals surface area contributed by atoms with Gasteiger partial charge < -0.3 is 29.4 Å². The zero-order chi connectivity index (χ0) is 26.7. The van der Waals surface area contributed by atoms with Crippen LogP contribution in [-0.2, 0) is 31.6 Å². The molecule has 1 fully saturated rings. The van der Waals surface area contributed by atoms with E-state index in [0.717, 1.165) is 10.8 Å². The van der Waals surface area contributed by atoms with Crippen LogP contribution in [0.3, 0.4) is 0 Å². The third-order valence-electron chi connectivity index (χ3n) is 4.42. The van der Waals surface area contributed by atoms with Crippen molar-refractivity contribution in [2.24, 2.45) is 0 Å². The average Bonchev–Trinajstić information content (AvgIpc) is 3.10. The summed E-state index contributed by atoms with van der Waals surface area (Å²) in [7, 11) is -16.7. The van der Waals surface area contributed by atoms with E-state index in [0.29, 0.717) is 5.56 Å². The van der Waals surface area contributed by atoms with Gasteiger partial charge in [0, 0.05) is 18.2 Å². The van der Waals surface area contributed by atoms with Gasteiger partial charge in [0.05, 0.1) is 12.7 Å². The zero-order valence-corrected chi connectivity index (χ0v) is 20.5. The molecule has 1 aromatic heterocycles. The first-order valence-corrected chi connectivity index (χ1v) is 14.2. The lowest BCUT2D eigenvalue weighted by atomic mass is 10.2. The van der Waals surface area contributed by atoms with Gasteiger partial charge in [-0.25, -0.2) is 18.5 Å². The van der Waals surface area contributed by atoms with E-state index in [9.17, 15) is 33.3 Å². The Morgan fingerprint density at radius 1 is 1.03 bits per heavy atom. The van der Waals surface area contributed by atoms with E-state index in [4.69, 9.17) is 19.4 Å². The molecule has 196 valence electrons. The van der Waals surface area contributed by atoms with Crippen LogP contribution in [0.25, 0.3) is 0 Å². The SMILES string of the molecule is O=c1[nH]c(=O)n([C@H]2C[C@@H](O)[C@@H](COP(=O)(O)OP(=O)(O)OP(=O)(O)O)O2)cc1C#Cc1ccccc1. The Balaban J connectivity index is 1.70. The van der Waals surface area contributed by atoms with Gasteiger partial charge in [-0.15, -0.1) is 0 Å². The number of aliphatic hydroxyl groups is 1. The number of phosphoric acid groups is 3. The number of benzene rings is 1. The fourth-order valence-electron chi connectivity index (χ4n) is 2.96. The molecular weight excluding hydrogens is 549 g/mol. The van der Waals surface area contributed by atoms with Crippen LogP contribution in [0.2, 0.25) is 0 Å². The minimum atomic E-state index is -5.71. The first kappa shape index (κ1) is 28.4. The van der Waals surface area contributed by atoms with Crippen LogP contribution in [0.5, 0.6) is 0 Å². The molecule has 5 atom stereocenters. The van der Waals surface area contributed by atoms with Gasteiger partial charge in [-0.05, 0) is 12.1 Å². The van der Waals surface area contributed by atoms with Crippen molar-refractivity contribution in [3.05, 3.63) is 68.5 Å². The van der Waals surface area contributed by atoms with Crippen molar-refractivity contribution in [3.8, 4) is 11.8 Å². The molecule has 19 heteroatoms. The number of phosphoric ester groups is 1. The summed E-state index contributed by atoms with van der Waals surface area (Å²) < 4.78 is 51.9. The van der Waals surface area contributed by atoms with Crippen LogP contribution in [0.4, 0.5) is 0 Å². The number of rotatable bonds is 8. The molecule has 2 heterocycles. The van der Waals surface area contributed by atoms with Crippen LogP contribution in [0.15, 0.2) is 46.1 Å². The molecule has 16 nitrogen and oxygen atoms in total. The van der Waals surface area contributed by atoms with Crippen molar-refractivity contribution >= 4 is 23.5 Å². The van der Waals surface area contributed by atoms with Gasteiger partial charge >= 0.3 is 29.2 Å². The molecular formula is C17H19N2O14P3. The number of nitrogens with one attached hydrogen (secondary N) is 1. The molecule has 0 aliphatic carbocycles. The van der Waals surface area contributed by atoms with Gasteiger partial charge in [0.2, 0.25) is 0 Å². The highest BCUT2D eigenvalue weighted by molar-refractivity contribution is 7.66. The lowest BCUT2D eigenvalue weighted by Gasteiger charge is -2.19. The number of H-pyrrole nitrogens is 1. The maximum absolute atomic E-state index is 12.3.